The van der Waals surface area contributed by atoms with Crippen molar-refractivity contribution in [3.05, 3.63) is 28.8 Å². The number of benzene rings is 1. The molecule has 1 aromatic rings. The van der Waals surface area contributed by atoms with Crippen LogP contribution in [-0.2, 0) is 0 Å². The monoisotopic (exact) mass is 268 g/mol. The summed E-state index contributed by atoms with van der Waals surface area (Å²) in [6, 6.07) is 5.47. The third-order valence-electron chi connectivity index (χ3n) is 3.89. The molecule has 2 rings (SSSR count). The summed E-state index contributed by atoms with van der Waals surface area (Å²) in [4.78, 5) is 0. The van der Waals surface area contributed by atoms with Crippen LogP contribution in [0.2, 0.25) is 5.02 Å². The van der Waals surface area contributed by atoms with Crippen molar-refractivity contribution in [3.63, 3.8) is 0 Å². The van der Waals surface area contributed by atoms with E-state index in [1.54, 1.807) is 13.2 Å². The highest BCUT2D eigenvalue weighted by Gasteiger charge is 2.18. The van der Waals surface area contributed by atoms with Crippen molar-refractivity contribution in [3.8, 4) is 5.75 Å². The van der Waals surface area contributed by atoms with Crippen LogP contribution in [0.4, 0.5) is 0 Å². The van der Waals surface area contributed by atoms with E-state index < -0.39 is 6.10 Å². The predicted octanol–water partition coefficient (Wildman–Crippen LogP) is 4.35. The second-order valence-corrected chi connectivity index (χ2v) is 5.54. The first-order valence-corrected chi connectivity index (χ1v) is 7.10. The number of aliphatic hydroxyl groups excluding tert-OH is 1. The minimum absolute atomic E-state index is 0.455. The van der Waals surface area contributed by atoms with Crippen molar-refractivity contribution < 1.29 is 9.84 Å². The van der Waals surface area contributed by atoms with Gasteiger partial charge in [-0.3, -0.25) is 0 Å². The molecule has 2 nitrogen and oxygen atoms in total. The summed E-state index contributed by atoms with van der Waals surface area (Å²) in [6.45, 7) is 0. The van der Waals surface area contributed by atoms with Gasteiger partial charge in [-0.15, -0.1) is 0 Å². The number of aliphatic hydroxyl groups is 1. The van der Waals surface area contributed by atoms with Gasteiger partial charge in [0.05, 0.1) is 18.2 Å². The van der Waals surface area contributed by atoms with Gasteiger partial charge in [-0.1, -0.05) is 43.4 Å². The molecule has 0 aromatic heterocycles. The van der Waals surface area contributed by atoms with Crippen LogP contribution in [0, 0.1) is 5.92 Å². The van der Waals surface area contributed by atoms with Crippen molar-refractivity contribution in [2.24, 2.45) is 5.92 Å². The first-order valence-electron chi connectivity index (χ1n) is 6.72. The van der Waals surface area contributed by atoms with E-state index in [9.17, 15) is 5.11 Å². The molecule has 0 radical (unpaired) electrons. The Hall–Kier alpha value is -0.730. The van der Waals surface area contributed by atoms with Gasteiger partial charge in [0.2, 0.25) is 0 Å². The van der Waals surface area contributed by atoms with Gasteiger partial charge in [-0.25, -0.2) is 0 Å². The highest BCUT2D eigenvalue weighted by atomic mass is 35.5. The second kappa shape index (κ2) is 6.44. The summed E-state index contributed by atoms with van der Waals surface area (Å²) in [5.41, 5.74) is 0.815. The molecule has 1 N–H and O–H groups in total. The van der Waals surface area contributed by atoms with E-state index in [0.29, 0.717) is 5.02 Å². The summed E-state index contributed by atoms with van der Waals surface area (Å²) in [5.74, 6) is 1.53. The van der Waals surface area contributed by atoms with Crippen LogP contribution in [0.15, 0.2) is 18.2 Å². The zero-order valence-electron chi connectivity index (χ0n) is 10.9. The quantitative estimate of drug-likeness (QED) is 0.860. The number of methoxy groups -OCH3 is 1. The maximum Gasteiger partial charge on any atom is 0.120 e. The van der Waals surface area contributed by atoms with Crippen LogP contribution in [-0.4, -0.2) is 12.2 Å². The van der Waals surface area contributed by atoms with Crippen LogP contribution < -0.4 is 4.74 Å². The average Bonchev–Trinajstić information content (AvgIpc) is 2.88. The Labute approximate surface area is 114 Å². The molecule has 1 atom stereocenters. The van der Waals surface area contributed by atoms with Gasteiger partial charge < -0.3 is 9.84 Å². The summed E-state index contributed by atoms with van der Waals surface area (Å²) < 4.78 is 5.10. The molecule has 1 aromatic carbocycles. The van der Waals surface area contributed by atoms with Gasteiger partial charge in [0.1, 0.15) is 5.75 Å². The lowest BCUT2D eigenvalue weighted by molar-refractivity contribution is 0.157. The van der Waals surface area contributed by atoms with Gasteiger partial charge in [-0.05, 0) is 36.5 Å². The van der Waals surface area contributed by atoms with Gasteiger partial charge in [0, 0.05) is 0 Å². The number of halogens is 1. The van der Waals surface area contributed by atoms with Crippen LogP contribution in [0.5, 0.6) is 5.75 Å². The van der Waals surface area contributed by atoms with Gasteiger partial charge in [0.25, 0.3) is 0 Å². The minimum atomic E-state index is -0.455. The number of ether oxygens (including phenoxy) is 1. The van der Waals surface area contributed by atoms with E-state index in [1.807, 2.05) is 12.1 Å². The lowest BCUT2D eigenvalue weighted by Gasteiger charge is -2.16. The Balaban J connectivity index is 1.93. The third kappa shape index (κ3) is 3.39. The molecule has 1 aliphatic rings. The molecule has 3 heteroatoms. The molecule has 0 amide bonds. The molecule has 0 heterocycles. The Bertz CT molecular complexity index is 386. The highest BCUT2D eigenvalue weighted by Crippen LogP contribution is 2.34. The maximum absolute atomic E-state index is 10.2. The largest absolute Gasteiger partial charge is 0.497 e. The molecule has 0 spiro atoms. The Kier molecular flexibility index (Phi) is 4.90. The zero-order valence-corrected chi connectivity index (χ0v) is 11.6. The van der Waals surface area contributed by atoms with E-state index in [-0.39, 0.29) is 0 Å². The van der Waals surface area contributed by atoms with Crippen molar-refractivity contribution in [2.75, 3.05) is 7.11 Å². The van der Waals surface area contributed by atoms with Gasteiger partial charge in [-0.2, -0.15) is 0 Å². The molecule has 18 heavy (non-hydrogen) atoms. The third-order valence-corrected chi connectivity index (χ3v) is 4.22. The van der Waals surface area contributed by atoms with E-state index in [2.05, 4.69) is 0 Å². The van der Waals surface area contributed by atoms with Crippen LogP contribution in [0.3, 0.4) is 0 Å². The van der Waals surface area contributed by atoms with E-state index >= 15 is 0 Å². The molecule has 0 bridgehead atoms. The molecule has 100 valence electrons. The molecule has 1 unspecified atom stereocenters. The van der Waals surface area contributed by atoms with Crippen LogP contribution in [0.25, 0.3) is 0 Å². The maximum atomic E-state index is 10.2. The average molecular weight is 269 g/mol. The molecule has 0 aliphatic heterocycles. The van der Waals surface area contributed by atoms with Crippen molar-refractivity contribution >= 4 is 11.6 Å². The second-order valence-electron chi connectivity index (χ2n) is 5.13. The van der Waals surface area contributed by atoms with Crippen LogP contribution in [0.1, 0.15) is 50.2 Å². The molecular weight excluding hydrogens is 248 g/mol. The molecular formula is C15H21ClO2. The van der Waals surface area contributed by atoms with E-state index in [0.717, 1.165) is 30.1 Å². The van der Waals surface area contributed by atoms with E-state index in [1.165, 1.54) is 25.7 Å². The number of rotatable bonds is 5. The standard InChI is InChI=1S/C15H21ClO2/c1-18-12-7-8-13(14(16)10-12)15(17)9-6-11-4-2-3-5-11/h7-8,10-11,15,17H,2-6,9H2,1H3. The number of hydrogen-bond acceptors (Lipinski definition) is 2. The van der Waals surface area contributed by atoms with Gasteiger partial charge >= 0.3 is 0 Å². The fraction of sp³-hybridized carbons (Fsp3) is 0.600. The first-order chi connectivity index (χ1) is 8.70. The lowest BCUT2D eigenvalue weighted by atomic mass is 9.96. The number of hydrogen-bond donors (Lipinski definition) is 1. The zero-order chi connectivity index (χ0) is 13.0. The fourth-order valence-electron chi connectivity index (χ4n) is 2.75. The Morgan fingerprint density at radius 3 is 2.72 bits per heavy atom. The summed E-state index contributed by atoms with van der Waals surface area (Å²) in [6.07, 6.45) is 6.80. The van der Waals surface area contributed by atoms with Crippen molar-refractivity contribution in [1.82, 2.24) is 0 Å². The predicted molar refractivity (Wildman–Crippen MR) is 74.2 cm³/mol. The van der Waals surface area contributed by atoms with Crippen LogP contribution >= 0.6 is 11.6 Å². The normalized spacial score (nSPS) is 17.9. The van der Waals surface area contributed by atoms with E-state index in [4.69, 9.17) is 16.3 Å². The molecule has 1 fully saturated rings. The Morgan fingerprint density at radius 2 is 2.11 bits per heavy atom. The fourth-order valence-corrected chi connectivity index (χ4v) is 3.05. The minimum Gasteiger partial charge on any atom is -0.497 e. The van der Waals surface area contributed by atoms with Crippen molar-refractivity contribution in [2.45, 2.75) is 44.6 Å². The van der Waals surface area contributed by atoms with Crippen molar-refractivity contribution in [1.29, 1.82) is 0 Å². The van der Waals surface area contributed by atoms with Gasteiger partial charge in [0.15, 0.2) is 0 Å². The summed E-state index contributed by atoms with van der Waals surface area (Å²) in [5, 5.41) is 10.8. The Morgan fingerprint density at radius 1 is 1.39 bits per heavy atom. The molecule has 1 aliphatic carbocycles. The molecule has 0 saturated heterocycles. The molecule has 1 saturated carbocycles. The smallest absolute Gasteiger partial charge is 0.120 e. The first kappa shape index (κ1) is 13.7. The SMILES string of the molecule is COc1ccc(C(O)CCC2CCCC2)c(Cl)c1. The summed E-state index contributed by atoms with van der Waals surface area (Å²) in [7, 11) is 1.61. The summed E-state index contributed by atoms with van der Waals surface area (Å²) >= 11 is 6.16. The topological polar surface area (TPSA) is 29.5 Å². The lowest BCUT2D eigenvalue weighted by Crippen LogP contribution is -2.02. The highest BCUT2D eigenvalue weighted by molar-refractivity contribution is 6.31.